The lowest BCUT2D eigenvalue weighted by atomic mass is 9.67. The summed E-state index contributed by atoms with van der Waals surface area (Å²) in [6, 6.07) is 84.6. The van der Waals surface area contributed by atoms with Gasteiger partial charge < -0.3 is 14.4 Å². The predicted octanol–water partition coefficient (Wildman–Crippen LogP) is 15.9. The molecule has 1 heterocycles. The van der Waals surface area contributed by atoms with E-state index in [1.54, 1.807) is 0 Å². The van der Waals surface area contributed by atoms with Gasteiger partial charge in [0.25, 0.3) is 0 Å². The molecule has 1 aliphatic carbocycles. The van der Waals surface area contributed by atoms with E-state index in [-0.39, 0.29) is 0 Å². The minimum Gasteiger partial charge on any atom is -0.449 e. The fraction of sp³-hybridized carbons (Fsp3) is 0.0169. The second kappa shape index (κ2) is 14.5. The van der Waals surface area contributed by atoms with Crippen molar-refractivity contribution in [3.8, 4) is 56.4 Å². The Kier molecular flexibility index (Phi) is 8.39. The van der Waals surface area contributed by atoms with Crippen LogP contribution in [0.5, 0.6) is 23.0 Å². The van der Waals surface area contributed by atoms with Crippen LogP contribution in [-0.2, 0) is 5.41 Å². The van der Waals surface area contributed by atoms with E-state index in [4.69, 9.17) is 9.47 Å². The summed E-state index contributed by atoms with van der Waals surface area (Å²) in [5.74, 6) is 2.91. The molecule has 3 nitrogen and oxygen atoms in total. The van der Waals surface area contributed by atoms with Crippen LogP contribution in [-0.4, -0.2) is 0 Å². The number of hydrogen-bond acceptors (Lipinski definition) is 3. The molecular weight excluding hydrogens is 755 g/mol. The normalized spacial score (nSPS) is 14.5. The molecule has 1 atom stereocenters. The summed E-state index contributed by atoms with van der Waals surface area (Å²) in [6.07, 6.45) is 0. The van der Waals surface area contributed by atoms with Crippen molar-refractivity contribution in [2.24, 2.45) is 0 Å². The molecular formula is C59H39NO2. The molecule has 1 unspecified atom stereocenters. The van der Waals surface area contributed by atoms with Gasteiger partial charge in [-0.25, -0.2) is 0 Å². The van der Waals surface area contributed by atoms with E-state index in [0.29, 0.717) is 0 Å². The predicted molar refractivity (Wildman–Crippen MR) is 253 cm³/mol. The lowest BCUT2D eigenvalue weighted by Gasteiger charge is -2.35. The Hall–Kier alpha value is -8.14. The standard InChI is InChI=1S/C59H39NO2/c1-3-14-40(15-4-1)41-26-32-46(33-27-41)60(47-34-28-43(29-35-47)50-22-13-17-42-16-7-8-20-49(42)50)48-36-30-45(31-37-48)59(44-18-5-2-6-19-44)52-23-10-9-21-51(52)57-53(59)38-39-56-58(57)62-55-25-12-11-24-54(55)61-56/h1-39H. The fourth-order valence-corrected chi connectivity index (χ4v) is 9.83. The fourth-order valence-electron chi connectivity index (χ4n) is 9.83. The third-order valence-electron chi connectivity index (χ3n) is 12.6. The van der Waals surface area contributed by atoms with Crippen molar-refractivity contribution in [2.75, 3.05) is 4.90 Å². The number of nitrogens with zero attached hydrogens (tertiary/aromatic N) is 1. The maximum absolute atomic E-state index is 6.75. The molecule has 2 aliphatic rings. The van der Waals surface area contributed by atoms with Crippen LogP contribution in [0.1, 0.15) is 22.3 Å². The van der Waals surface area contributed by atoms with Gasteiger partial charge in [-0.2, -0.15) is 0 Å². The summed E-state index contributed by atoms with van der Waals surface area (Å²) < 4.78 is 13.2. The van der Waals surface area contributed by atoms with Crippen molar-refractivity contribution >= 4 is 27.8 Å². The van der Waals surface area contributed by atoms with Gasteiger partial charge in [0.1, 0.15) is 0 Å². The van der Waals surface area contributed by atoms with Crippen LogP contribution in [0.4, 0.5) is 17.1 Å². The second-order valence-electron chi connectivity index (χ2n) is 16.0. The van der Waals surface area contributed by atoms with Crippen LogP contribution in [0.15, 0.2) is 237 Å². The Morgan fingerprint density at radius 1 is 0.323 bits per heavy atom. The molecule has 1 aliphatic heterocycles. The van der Waals surface area contributed by atoms with E-state index < -0.39 is 5.41 Å². The number of rotatable bonds is 7. The number of para-hydroxylation sites is 2. The molecule has 0 amide bonds. The molecule has 3 heteroatoms. The summed E-state index contributed by atoms with van der Waals surface area (Å²) >= 11 is 0. The van der Waals surface area contributed by atoms with Crippen LogP contribution >= 0.6 is 0 Å². The molecule has 0 fully saturated rings. The third kappa shape index (κ3) is 5.67. The zero-order valence-electron chi connectivity index (χ0n) is 33.8. The number of hydrogen-bond donors (Lipinski definition) is 0. The molecule has 10 aromatic carbocycles. The van der Waals surface area contributed by atoms with E-state index in [9.17, 15) is 0 Å². The second-order valence-corrected chi connectivity index (χ2v) is 16.0. The Morgan fingerprint density at radius 3 is 1.60 bits per heavy atom. The van der Waals surface area contributed by atoms with E-state index >= 15 is 0 Å². The van der Waals surface area contributed by atoms with Crippen molar-refractivity contribution in [2.45, 2.75) is 5.41 Å². The molecule has 0 saturated carbocycles. The van der Waals surface area contributed by atoms with Gasteiger partial charge in [-0.3, -0.25) is 0 Å². The van der Waals surface area contributed by atoms with Gasteiger partial charge in [0.15, 0.2) is 23.0 Å². The number of anilines is 3. The monoisotopic (exact) mass is 793 g/mol. The first-order valence-electron chi connectivity index (χ1n) is 21.2. The Morgan fingerprint density at radius 2 is 0.855 bits per heavy atom. The first-order valence-corrected chi connectivity index (χ1v) is 21.2. The maximum Gasteiger partial charge on any atom is 0.178 e. The molecule has 0 spiro atoms. The molecule has 292 valence electrons. The van der Waals surface area contributed by atoms with Crippen molar-refractivity contribution in [1.29, 1.82) is 0 Å². The van der Waals surface area contributed by atoms with Gasteiger partial charge in [-0.15, -0.1) is 0 Å². The van der Waals surface area contributed by atoms with Gasteiger partial charge in [-0.05, 0) is 115 Å². The highest BCUT2D eigenvalue weighted by Gasteiger charge is 2.48. The van der Waals surface area contributed by atoms with Crippen molar-refractivity contribution in [3.63, 3.8) is 0 Å². The van der Waals surface area contributed by atoms with Crippen molar-refractivity contribution in [1.82, 2.24) is 0 Å². The minimum absolute atomic E-state index is 0.622. The van der Waals surface area contributed by atoms with Crippen LogP contribution in [0.25, 0.3) is 44.2 Å². The quantitative estimate of drug-likeness (QED) is 0.160. The summed E-state index contributed by atoms with van der Waals surface area (Å²) in [7, 11) is 0. The molecule has 12 rings (SSSR count). The summed E-state index contributed by atoms with van der Waals surface area (Å²) in [6.45, 7) is 0. The number of fused-ring (bicyclic) bond motifs is 7. The van der Waals surface area contributed by atoms with E-state index in [0.717, 1.165) is 56.8 Å². The average molecular weight is 794 g/mol. The highest BCUT2D eigenvalue weighted by Crippen LogP contribution is 2.62. The van der Waals surface area contributed by atoms with Gasteiger partial charge in [0.05, 0.1) is 5.41 Å². The average Bonchev–Trinajstić information content (AvgIpc) is 3.66. The molecule has 10 aromatic rings. The van der Waals surface area contributed by atoms with Gasteiger partial charge in [0, 0.05) is 22.6 Å². The first kappa shape index (κ1) is 35.8. The Labute approximate surface area is 361 Å². The summed E-state index contributed by atoms with van der Waals surface area (Å²) in [4.78, 5) is 2.36. The van der Waals surface area contributed by atoms with E-state index in [1.807, 2.05) is 24.3 Å². The molecule has 0 bridgehead atoms. The number of benzene rings is 10. The van der Waals surface area contributed by atoms with Crippen molar-refractivity contribution in [3.05, 3.63) is 259 Å². The Balaban J connectivity index is 1.01. The Bertz CT molecular complexity index is 3260. The van der Waals surface area contributed by atoms with Crippen molar-refractivity contribution < 1.29 is 9.47 Å². The van der Waals surface area contributed by atoms with Gasteiger partial charge in [0.2, 0.25) is 0 Å². The van der Waals surface area contributed by atoms with Crippen LogP contribution in [0.2, 0.25) is 0 Å². The third-order valence-corrected chi connectivity index (χ3v) is 12.6. The maximum atomic E-state index is 6.75. The largest absolute Gasteiger partial charge is 0.449 e. The molecule has 0 radical (unpaired) electrons. The van der Waals surface area contributed by atoms with Crippen LogP contribution < -0.4 is 14.4 Å². The lowest BCUT2D eigenvalue weighted by molar-refractivity contribution is 0.360. The van der Waals surface area contributed by atoms with E-state index in [1.165, 1.54) is 49.7 Å². The van der Waals surface area contributed by atoms with E-state index in [2.05, 4.69) is 217 Å². The smallest absolute Gasteiger partial charge is 0.178 e. The molecule has 0 saturated heterocycles. The lowest BCUT2D eigenvalue weighted by Crippen LogP contribution is -2.28. The van der Waals surface area contributed by atoms with Gasteiger partial charge in [-0.1, -0.05) is 182 Å². The SMILES string of the molecule is c1ccc(-c2ccc(N(c3ccc(-c4cccc5ccccc45)cc3)c3ccc(C4(c5ccccc5)c5ccccc5-c5c4ccc4c5Oc5ccccc5O4)cc3)cc2)cc1. The number of ether oxygens (including phenoxy) is 2. The molecule has 0 aromatic heterocycles. The van der Waals surface area contributed by atoms with Gasteiger partial charge >= 0.3 is 0 Å². The molecule has 62 heavy (non-hydrogen) atoms. The highest BCUT2D eigenvalue weighted by atomic mass is 16.6. The summed E-state index contributed by atoms with van der Waals surface area (Å²) in [5, 5.41) is 2.49. The zero-order chi connectivity index (χ0) is 41.0. The van der Waals surface area contributed by atoms with Crippen LogP contribution in [0.3, 0.4) is 0 Å². The topological polar surface area (TPSA) is 21.7 Å². The first-order chi connectivity index (χ1) is 30.7. The minimum atomic E-state index is -0.622. The zero-order valence-corrected chi connectivity index (χ0v) is 33.8. The highest BCUT2D eigenvalue weighted by molar-refractivity contribution is 5.97. The van der Waals surface area contributed by atoms with Crippen LogP contribution in [0, 0.1) is 0 Å². The molecule has 0 N–H and O–H groups in total. The summed E-state index contributed by atoms with van der Waals surface area (Å²) in [5.41, 5.74) is 14.3.